The summed E-state index contributed by atoms with van der Waals surface area (Å²) in [6.07, 6.45) is 7.75. The summed E-state index contributed by atoms with van der Waals surface area (Å²) in [5.41, 5.74) is 3.73. The lowest BCUT2D eigenvalue weighted by molar-refractivity contribution is 0.556. The van der Waals surface area contributed by atoms with Crippen molar-refractivity contribution in [2.45, 2.75) is 58.5 Å². The Morgan fingerprint density at radius 3 is 2.27 bits per heavy atom. The van der Waals surface area contributed by atoms with E-state index in [-0.39, 0.29) is 0 Å². The summed E-state index contributed by atoms with van der Waals surface area (Å²) >= 11 is 12.7. The summed E-state index contributed by atoms with van der Waals surface area (Å²) in [6, 6.07) is 15.7. The first-order chi connectivity index (χ1) is 14.7. The van der Waals surface area contributed by atoms with Crippen LogP contribution in [0, 0.1) is 0 Å². The number of halogens is 2. The molecule has 1 heterocycles. The maximum Gasteiger partial charge on any atom is 0.117 e. The van der Waals surface area contributed by atoms with E-state index >= 15 is 0 Å². The molecule has 0 aliphatic heterocycles. The standard InChI is InChI=1S/C24H30Cl2N4/c1-2-3-4-5-6-10-16-27-17-23-24(19-12-8-7-9-13-19)29-30(28-23)18-20-21(25)14-11-15-22(20)26/h7-9,11-15,27H,2-6,10,16-18H2,1H3. The van der Waals surface area contributed by atoms with E-state index in [1.165, 1.54) is 38.5 Å². The van der Waals surface area contributed by atoms with Crippen molar-refractivity contribution in [1.29, 1.82) is 0 Å². The van der Waals surface area contributed by atoms with Gasteiger partial charge < -0.3 is 5.32 Å². The molecular weight excluding hydrogens is 415 g/mol. The maximum absolute atomic E-state index is 6.34. The van der Waals surface area contributed by atoms with Gasteiger partial charge in [0.1, 0.15) is 11.4 Å². The van der Waals surface area contributed by atoms with E-state index in [4.69, 9.17) is 33.4 Å². The Balaban J connectivity index is 1.67. The van der Waals surface area contributed by atoms with E-state index in [0.717, 1.165) is 29.1 Å². The molecule has 0 fully saturated rings. The second kappa shape index (κ2) is 12.1. The SMILES string of the molecule is CCCCCCCCNCc1nn(Cc2c(Cl)cccc2Cl)nc1-c1ccccc1. The van der Waals surface area contributed by atoms with E-state index in [0.29, 0.717) is 23.1 Å². The largest absolute Gasteiger partial charge is 0.311 e. The molecule has 0 aliphatic rings. The molecule has 0 spiro atoms. The van der Waals surface area contributed by atoms with Crippen molar-refractivity contribution in [3.63, 3.8) is 0 Å². The zero-order valence-electron chi connectivity index (χ0n) is 17.6. The van der Waals surface area contributed by atoms with Crippen LogP contribution in [0.4, 0.5) is 0 Å². The molecule has 2 aromatic carbocycles. The minimum atomic E-state index is 0.440. The van der Waals surface area contributed by atoms with Gasteiger partial charge in [-0.3, -0.25) is 0 Å². The molecule has 0 amide bonds. The van der Waals surface area contributed by atoms with Crippen molar-refractivity contribution in [3.05, 3.63) is 69.8 Å². The van der Waals surface area contributed by atoms with Gasteiger partial charge in [0.25, 0.3) is 0 Å². The molecule has 6 heteroatoms. The first-order valence-electron chi connectivity index (χ1n) is 10.8. The highest BCUT2D eigenvalue weighted by Gasteiger charge is 2.15. The number of nitrogens with zero attached hydrogens (tertiary/aromatic N) is 3. The molecule has 0 bridgehead atoms. The van der Waals surface area contributed by atoms with Gasteiger partial charge >= 0.3 is 0 Å². The van der Waals surface area contributed by atoms with Crippen molar-refractivity contribution < 1.29 is 0 Å². The zero-order chi connectivity index (χ0) is 21.2. The molecule has 160 valence electrons. The Bertz CT molecular complexity index is 889. The Morgan fingerprint density at radius 1 is 0.833 bits per heavy atom. The van der Waals surface area contributed by atoms with Gasteiger partial charge in [-0.15, -0.1) is 0 Å². The highest BCUT2D eigenvalue weighted by Crippen LogP contribution is 2.26. The van der Waals surface area contributed by atoms with Crippen LogP contribution in [0.25, 0.3) is 11.3 Å². The third-order valence-corrected chi connectivity index (χ3v) is 5.84. The molecule has 0 unspecified atom stereocenters. The summed E-state index contributed by atoms with van der Waals surface area (Å²) in [6.45, 7) is 4.37. The first kappa shape index (κ1) is 22.8. The van der Waals surface area contributed by atoms with Crippen molar-refractivity contribution in [3.8, 4) is 11.3 Å². The van der Waals surface area contributed by atoms with E-state index in [9.17, 15) is 0 Å². The summed E-state index contributed by atoms with van der Waals surface area (Å²) in [5, 5.41) is 14.3. The van der Waals surface area contributed by atoms with Crippen molar-refractivity contribution in [1.82, 2.24) is 20.3 Å². The number of hydrogen-bond donors (Lipinski definition) is 1. The van der Waals surface area contributed by atoms with E-state index < -0.39 is 0 Å². The zero-order valence-corrected chi connectivity index (χ0v) is 19.1. The molecule has 30 heavy (non-hydrogen) atoms. The minimum absolute atomic E-state index is 0.440. The van der Waals surface area contributed by atoms with Crippen LogP contribution in [-0.4, -0.2) is 21.5 Å². The lowest BCUT2D eigenvalue weighted by atomic mass is 10.1. The van der Waals surface area contributed by atoms with Gasteiger partial charge in [-0.1, -0.05) is 98.6 Å². The molecule has 0 atom stereocenters. The fourth-order valence-electron chi connectivity index (χ4n) is 3.45. The van der Waals surface area contributed by atoms with Gasteiger partial charge in [-0.25, -0.2) is 0 Å². The fourth-order valence-corrected chi connectivity index (χ4v) is 3.97. The second-order valence-electron chi connectivity index (χ2n) is 7.54. The Kier molecular flexibility index (Phi) is 9.19. The molecule has 3 rings (SSSR count). The monoisotopic (exact) mass is 444 g/mol. The van der Waals surface area contributed by atoms with Gasteiger partial charge in [0.2, 0.25) is 0 Å². The van der Waals surface area contributed by atoms with Gasteiger partial charge in [0, 0.05) is 27.7 Å². The Morgan fingerprint density at radius 2 is 1.53 bits per heavy atom. The normalized spacial score (nSPS) is 11.2. The van der Waals surface area contributed by atoms with Crippen LogP contribution in [0.5, 0.6) is 0 Å². The molecule has 3 aromatic rings. The quantitative estimate of drug-likeness (QED) is 0.314. The molecule has 1 aromatic heterocycles. The van der Waals surface area contributed by atoms with Crippen LogP contribution < -0.4 is 5.32 Å². The number of hydrogen-bond acceptors (Lipinski definition) is 3. The third-order valence-electron chi connectivity index (χ3n) is 5.13. The minimum Gasteiger partial charge on any atom is -0.311 e. The van der Waals surface area contributed by atoms with Crippen LogP contribution in [0.15, 0.2) is 48.5 Å². The molecule has 0 radical (unpaired) electrons. The Hall–Kier alpha value is -1.88. The van der Waals surface area contributed by atoms with Crippen LogP contribution in [0.1, 0.15) is 56.7 Å². The van der Waals surface area contributed by atoms with Crippen LogP contribution in [-0.2, 0) is 13.1 Å². The van der Waals surface area contributed by atoms with Gasteiger partial charge in [-0.2, -0.15) is 15.0 Å². The fraction of sp³-hybridized carbons (Fsp3) is 0.417. The lowest BCUT2D eigenvalue weighted by Crippen LogP contribution is -2.16. The smallest absolute Gasteiger partial charge is 0.117 e. The third kappa shape index (κ3) is 6.56. The van der Waals surface area contributed by atoms with E-state index in [1.807, 2.05) is 36.4 Å². The van der Waals surface area contributed by atoms with Gasteiger partial charge in [0.15, 0.2) is 0 Å². The Labute approximate surface area is 189 Å². The lowest BCUT2D eigenvalue weighted by Gasteiger charge is -2.05. The van der Waals surface area contributed by atoms with Crippen molar-refractivity contribution in [2.75, 3.05) is 6.54 Å². The van der Waals surface area contributed by atoms with Gasteiger partial charge in [0.05, 0.1) is 6.54 Å². The number of benzene rings is 2. The summed E-state index contributed by atoms with van der Waals surface area (Å²) in [7, 11) is 0. The predicted molar refractivity (Wildman–Crippen MR) is 126 cm³/mol. The predicted octanol–water partition coefficient (Wildman–Crippen LogP) is 6.75. The average molecular weight is 445 g/mol. The summed E-state index contributed by atoms with van der Waals surface area (Å²) in [4.78, 5) is 1.69. The summed E-state index contributed by atoms with van der Waals surface area (Å²) < 4.78 is 0. The topological polar surface area (TPSA) is 42.7 Å². The maximum atomic E-state index is 6.34. The molecular formula is C24H30Cl2N4. The highest BCUT2D eigenvalue weighted by molar-refractivity contribution is 6.35. The van der Waals surface area contributed by atoms with Crippen LogP contribution in [0.3, 0.4) is 0 Å². The molecule has 0 saturated carbocycles. The number of rotatable bonds is 12. The summed E-state index contributed by atoms with van der Waals surface area (Å²) in [5.74, 6) is 0. The molecule has 4 nitrogen and oxygen atoms in total. The number of aromatic nitrogens is 3. The number of unbranched alkanes of at least 4 members (excludes halogenated alkanes) is 5. The highest BCUT2D eigenvalue weighted by atomic mass is 35.5. The van der Waals surface area contributed by atoms with E-state index in [1.54, 1.807) is 4.80 Å². The molecule has 0 aliphatic carbocycles. The van der Waals surface area contributed by atoms with Crippen LogP contribution >= 0.6 is 23.2 Å². The second-order valence-corrected chi connectivity index (χ2v) is 8.35. The van der Waals surface area contributed by atoms with Gasteiger partial charge in [-0.05, 0) is 25.1 Å². The molecule has 1 N–H and O–H groups in total. The van der Waals surface area contributed by atoms with Crippen molar-refractivity contribution in [2.24, 2.45) is 0 Å². The number of nitrogens with one attached hydrogen (secondary N) is 1. The van der Waals surface area contributed by atoms with Crippen LogP contribution in [0.2, 0.25) is 10.0 Å². The average Bonchev–Trinajstić information content (AvgIpc) is 3.16. The van der Waals surface area contributed by atoms with Crippen molar-refractivity contribution >= 4 is 23.2 Å². The van der Waals surface area contributed by atoms with E-state index in [2.05, 4.69) is 24.4 Å². The molecule has 0 saturated heterocycles. The first-order valence-corrected chi connectivity index (χ1v) is 11.6.